The first-order valence-electron chi connectivity index (χ1n) is 11.9. The van der Waals surface area contributed by atoms with Gasteiger partial charge in [-0.15, -0.1) is 0 Å². The van der Waals surface area contributed by atoms with Crippen molar-refractivity contribution in [2.75, 3.05) is 11.5 Å². The summed E-state index contributed by atoms with van der Waals surface area (Å²) in [6, 6.07) is 23.4. The van der Waals surface area contributed by atoms with Gasteiger partial charge < -0.3 is 11.5 Å². The zero-order valence-corrected chi connectivity index (χ0v) is 20.0. The summed E-state index contributed by atoms with van der Waals surface area (Å²) >= 11 is 0. The third kappa shape index (κ3) is 3.59. The number of benzene rings is 4. The predicted molar refractivity (Wildman–Crippen MR) is 147 cm³/mol. The first-order chi connectivity index (χ1) is 18.3. The van der Waals surface area contributed by atoms with Gasteiger partial charge in [0.25, 0.3) is 0 Å². The van der Waals surface area contributed by atoms with Gasteiger partial charge in [-0.1, -0.05) is 60.7 Å². The number of anilines is 2. The minimum absolute atomic E-state index is 0.198. The summed E-state index contributed by atoms with van der Waals surface area (Å²) in [6.07, 6.45) is 2.65. The molecule has 38 heavy (non-hydrogen) atoms. The Bertz CT molecular complexity index is 1680. The third-order valence-electron chi connectivity index (χ3n) is 6.87. The molecule has 2 aliphatic carbocycles. The van der Waals surface area contributed by atoms with E-state index in [9.17, 15) is 19.2 Å². The molecule has 6 rings (SSSR count). The third-order valence-corrected chi connectivity index (χ3v) is 6.87. The highest BCUT2D eigenvalue weighted by Crippen LogP contribution is 2.40. The molecule has 0 amide bonds. The van der Waals surface area contributed by atoms with Crippen LogP contribution in [0.3, 0.4) is 0 Å². The summed E-state index contributed by atoms with van der Waals surface area (Å²) in [6.45, 7) is 0. The Kier molecular flexibility index (Phi) is 5.24. The summed E-state index contributed by atoms with van der Waals surface area (Å²) in [7, 11) is 0. The maximum atomic E-state index is 13.5. The van der Waals surface area contributed by atoms with Crippen LogP contribution in [0.15, 0.2) is 97.1 Å². The van der Waals surface area contributed by atoms with Crippen LogP contribution in [0.2, 0.25) is 0 Å². The summed E-state index contributed by atoms with van der Waals surface area (Å²) in [5, 5.41) is 0. The van der Waals surface area contributed by atoms with E-state index in [1.807, 2.05) is 0 Å². The van der Waals surface area contributed by atoms with Crippen LogP contribution in [0.25, 0.3) is 22.3 Å². The van der Waals surface area contributed by atoms with Crippen molar-refractivity contribution in [3.8, 4) is 11.1 Å². The van der Waals surface area contributed by atoms with Gasteiger partial charge in [0, 0.05) is 44.8 Å². The number of carbonyl (C=O) groups excluding carboxylic acids is 4. The predicted octanol–water partition coefficient (Wildman–Crippen LogP) is 5.44. The highest BCUT2D eigenvalue weighted by atomic mass is 16.1. The fraction of sp³-hybridized carbons (Fsp3) is 0. The van der Waals surface area contributed by atoms with E-state index in [0.717, 1.165) is 0 Å². The van der Waals surface area contributed by atoms with Crippen LogP contribution in [0.4, 0.5) is 11.4 Å². The van der Waals surface area contributed by atoms with Gasteiger partial charge in [-0.3, -0.25) is 19.2 Å². The lowest BCUT2D eigenvalue weighted by Gasteiger charge is -2.21. The number of ketones is 4. The molecule has 4 N–H and O–H groups in total. The standard InChI is InChI=1S/C32H20N2O4/c33-17-9-11-19(25(13-17)27-15-29(35)21-5-1-3-7-23(21)31(27)37)20-12-10-18(34)14-26(20)28-16-30(36)22-6-2-4-8-24(22)32(28)38/h1-16H,33-34H2. The largest absolute Gasteiger partial charge is 0.399 e. The van der Waals surface area contributed by atoms with Crippen LogP contribution in [-0.4, -0.2) is 23.1 Å². The van der Waals surface area contributed by atoms with E-state index in [1.165, 1.54) is 12.2 Å². The Hall–Kier alpha value is -5.36. The normalized spacial score (nSPS) is 14.5. The molecule has 0 aliphatic heterocycles. The number of Topliss-reactive ketones (excluding diaryl/α,β-unsaturated/α-hetero) is 2. The molecule has 0 aromatic heterocycles. The number of allylic oxidation sites excluding steroid dienone is 4. The van der Waals surface area contributed by atoms with Gasteiger partial charge in [0.15, 0.2) is 23.1 Å². The van der Waals surface area contributed by atoms with Gasteiger partial charge in [-0.05, 0) is 58.7 Å². The van der Waals surface area contributed by atoms with Gasteiger partial charge in [-0.25, -0.2) is 0 Å². The molecule has 4 aromatic carbocycles. The van der Waals surface area contributed by atoms with Gasteiger partial charge in [0.1, 0.15) is 0 Å². The van der Waals surface area contributed by atoms with Crippen LogP contribution in [0.5, 0.6) is 0 Å². The SMILES string of the molecule is Nc1ccc(-c2ccc(N)cc2C2=CC(=O)c3ccccc3C2=O)c(C2=CC(=O)c3ccccc3C2=O)c1. The maximum Gasteiger partial charge on any atom is 0.194 e. The number of nitrogen functional groups attached to an aromatic ring is 2. The molecule has 0 heterocycles. The Morgan fingerprint density at radius 2 is 0.763 bits per heavy atom. The van der Waals surface area contributed by atoms with E-state index in [-0.39, 0.29) is 34.3 Å². The topological polar surface area (TPSA) is 120 Å². The summed E-state index contributed by atoms with van der Waals surface area (Å²) in [4.78, 5) is 52.9. The molecule has 0 atom stereocenters. The molecule has 0 unspecified atom stereocenters. The minimum atomic E-state index is -0.305. The summed E-state index contributed by atoms with van der Waals surface area (Å²) < 4.78 is 0. The molecule has 0 bridgehead atoms. The first kappa shape index (κ1) is 23.1. The van der Waals surface area contributed by atoms with Crippen molar-refractivity contribution in [3.05, 3.63) is 130 Å². The summed E-state index contributed by atoms with van der Waals surface area (Å²) in [5.41, 5.74) is 16.8. The van der Waals surface area contributed by atoms with Crippen LogP contribution in [0.1, 0.15) is 52.6 Å². The number of rotatable bonds is 3. The van der Waals surface area contributed by atoms with Crippen molar-refractivity contribution in [1.29, 1.82) is 0 Å². The van der Waals surface area contributed by atoms with E-state index in [4.69, 9.17) is 11.5 Å². The van der Waals surface area contributed by atoms with E-state index in [1.54, 1.807) is 84.9 Å². The zero-order chi connectivity index (χ0) is 26.6. The van der Waals surface area contributed by atoms with Crippen molar-refractivity contribution >= 4 is 45.7 Å². The molecule has 0 radical (unpaired) electrons. The second-order valence-corrected chi connectivity index (χ2v) is 9.20. The lowest BCUT2D eigenvalue weighted by molar-refractivity contribution is 0.100. The Labute approximate surface area is 217 Å². The van der Waals surface area contributed by atoms with E-state index in [0.29, 0.717) is 55.9 Å². The van der Waals surface area contributed by atoms with Crippen LogP contribution in [0, 0.1) is 0 Å². The Morgan fingerprint density at radius 3 is 1.16 bits per heavy atom. The molecule has 0 fully saturated rings. The lowest BCUT2D eigenvalue weighted by Crippen LogP contribution is -2.17. The quantitative estimate of drug-likeness (QED) is 0.364. The Morgan fingerprint density at radius 1 is 0.395 bits per heavy atom. The smallest absolute Gasteiger partial charge is 0.194 e. The highest BCUT2D eigenvalue weighted by Gasteiger charge is 2.31. The second-order valence-electron chi connectivity index (χ2n) is 9.20. The highest BCUT2D eigenvalue weighted by molar-refractivity contribution is 6.41. The molecule has 2 aliphatic rings. The van der Waals surface area contributed by atoms with E-state index < -0.39 is 0 Å². The minimum Gasteiger partial charge on any atom is -0.399 e. The average molecular weight is 497 g/mol. The fourth-order valence-corrected chi connectivity index (χ4v) is 5.07. The molecular weight excluding hydrogens is 476 g/mol. The van der Waals surface area contributed by atoms with Gasteiger partial charge in [0.2, 0.25) is 0 Å². The van der Waals surface area contributed by atoms with Crippen LogP contribution < -0.4 is 11.5 Å². The van der Waals surface area contributed by atoms with E-state index >= 15 is 0 Å². The molecule has 4 aromatic rings. The number of hydrogen-bond donors (Lipinski definition) is 2. The number of fused-ring (bicyclic) bond motifs is 2. The van der Waals surface area contributed by atoms with Crippen molar-refractivity contribution in [1.82, 2.24) is 0 Å². The average Bonchev–Trinajstić information content (AvgIpc) is 2.93. The zero-order valence-electron chi connectivity index (χ0n) is 20.0. The molecule has 182 valence electrons. The molecule has 0 saturated carbocycles. The van der Waals surface area contributed by atoms with Crippen LogP contribution >= 0.6 is 0 Å². The lowest BCUT2D eigenvalue weighted by atomic mass is 9.80. The molecule has 6 heteroatoms. The first-order valence-corrected chi connectivity index (χ1v) is 11.9. The Balaban J connectivity index is 1.56. The number of nitrogens with two attached hydrogens (primary N) is 2. The van der Waals surface area contributed by atoms with Crippen molar-refractivity contribution in [2.24, 2.45) is 0 Å². The van der Waals surface area contributed by atoms with Crippen molar-refractivity contribution in [2.45, 2.75) is 0 Å². The van der Waals surface area contributed by atoms with Crippen molar-refractivity contribution in [3.63, 3.8) is 0 Å². The molecular formula is C32H20N2O4. The van der Waals surface area contributed by atoms with E-state index in [2.05, 4.69) is 0 Å². The second kappa shape index (κ2) is 8.64. The van der Waals surface area contributed by atoms with Gasteiger partial charge >= 0.3 is 0 Å². The number of carbonyl (C=O) groups is 4. The fourth-order valence-electron chi connectivity index (χ4n) is 5.07. The molecule has 6 nitrogen and oxygen atoms in total. The number of hydrogen-bond acceptors (Lipinski definition) is 6. The molecule has 0 saturated heterocycles. The maximum absolute atomic E-state index is 13.5. The summed E-state index contributed by atoms with van der Waals surface area (Å²) in [5.74, 6) is -1.18. The van der Waals surface area contributed by atoms with Crippen molar-refractivity contribution < 1.29 is 19.2 Å². The monoisotopic (exact) mass is 496 g/mol. The van der Waals surface area contributed by atoms with Crippen LogP contribution in [-0.2, 0) is 0 Å². The molecule has 0 spiro atoms. The van der Waals surface area contributed by atoms with Gasteiger partial charge in [-0.2, -0.15) is 0 Å². The van der Waals surface area contributed by atoms with Gasteiger partial charge in [0.05, 0.1) is 0 Å².